The first-order chi connectivity index (χ1) is 12.3. The first-order valence-electron chi connectivity index (χ1n) is 8.12. The molecule has 0 spiro atoms. The number of nitrogens with zero attached hydrogens (tertiary/aromatic N) is 4. The molecule has 0 radical (unpaired) electrons. The van der Waals surface area contributed by atoms with E-state index in [0.29, 0.717) is 36.0 Å². The van der Waals surface area contributed by atoms with Gasteiger partial charge < -0.3 is 14.4 Å². The van der Waals surface area contributed by atoms with Gasteiger partial charge in [0.25, 0.3) is 0 Å². The molecule has 1 fully saturated rings. The van der Waals surface area contributed by atoms with Gasteiger partial charge >= 0.3 is 0 Å². The second-order valence-electron chi connectivity index (χ2n) is 5.75. The molecule has 1 aliphatic rings. The number of carbonyl (C=O) groups excluding carboxylic acids is 1. The van der Waals surface area contributed by atoms with Crippen molar-refractivity contribution in [3.63, 3.8) is 0 Å². The van der Waals surface area contributed by atoms with Crippen LogP contribution in [0.3, 0.4) is 0 Å². The maximum absolute atomic E-state index is 11.6. The Kier molecular flexibility index (Phi) is 4.07. The lowest BCUT2D eigenvalue weighted by atomic mass is 10.1. The Hall–Kier alpha value is -2.93. The van der Waals surface area contributed by atoms with E-state index in [1.54, 1.807) is 17.8 Å². The molecule has 128 valence electrons. The molecule has 0 atom stereocenters. The van der Waals surface area contributed by atoms with Crippen LogP contribution in [0, 0.1) is 0 Å². The van der Waals surface area contributed by atoms with Crippen LogP contribution in [0.4, 0.5) is 5.69 Å². The van der Waals surface area contributed by atoms with Gasteiger partial charge in [0.15, 0.2) is 11.9 Å². The van der Waals surface area contributed by atoms with E-state index in [1.165, 1.54) is 0 Å². The molecule has 2 aromatic heterocycles. The summed E-state index contributed by atoms with van der Waals surface area (Å²) in [5.74, 6) is 0.716. The number of methoxy groups -OCH3 is 1. The zero-order valence-corrected chi connectivity index (χ0v) is 13.9. The second kappa shape index (κ2) is 6.52. The largest absolute Gasteiger partial charge is 0.497 e. The molecule has 1 aromatic carbocycles. The van der Waals surface area contributed by atoms with Crippen LogP contribution >= 0.6 is 0 Å². The van der Waals surface area contributed by atoms with Crippen molar-refractivity contribution in [1.82, 2.24) is 14.6 Å². The Morgan fingerprint density at radius 2 is 2.08 bits per heavy atom. The van der Waals surface area contributed by atoms with Crippen molar-refractivity contribution in [2.24, 2.45) is 0 Å². The number of benzene rings is 1. The van der Waals surface area contributed by atoms with Crippen LogP contribution in [0.25, 0.3) is 16.9 Å². The summed E-state index contributed by atoms with van der Waals surface area (Å²) in [4.78, 5) is 18.4. The van der Waals surface area contributed by atoms with E-state index in [2.05, 4.69) is 15.0 Å². The molecule has 0 N–H and O–H groups in total. The van der Waals surface area contributed by atoms with Crippen LogP contribution < -0.4 is 9.64 Å². The average molecular weight is 338 g/mol. The van der Waals surface area contributed by atoms with Crippen LogP contribution in [0.2, 0.25) is 0 Å². The Labute approximate surface area is 144 Å². The highest BCUT2D eigenvalue weighted by atomic mass is 16.5. The molecule has 7 nitrogen and oxygen atoms in total. The molecular weight excluding hydrogens is 320 g/mol. The number of carbonyl (C=O) groups is 1. The number of hydrogen-bond acceptors (Lipinski definition) is 6. The number of ether oxygens (including phenoxy) is 2. The quantitative estimate of drug-likeness (QED) is 0.678. The fourth-order valence-electron chi connectivity index (χ4n) is 3.13. The summed E-state index contributed by atoms with van der Waals surface area (Å²) in [7, 11) is 1.61. The third-order valence-corrected chi connectivity index (χ3v) is 4.33. The number of morpholine rings is 1. The zero-order valence-electron chi connectivity index (χ0n) is 13.9. The Balaban J connectivity index is 1.90. The highest BCUT2D eigenvalue weighted by Crippen LogP contribution is 2.30. The van der Waals surface area contributed by atoms with Gasteiger partial charge in [-0.1, -0.05) is 12.1 Å². The van der Waals surface area contributed by atoms with Gasteiger partial charge in [0.1, 0.15) is 17.1 Å². The lowest BCUT2D eigenvalue weighted by Crippen LogP contribution is -2.36. The Morgan fingerprint density at radius 1 is 1.24 bits per heavy atom. The van der Waals surface area contributed by atoms with Gasteiger partial charge in [0, 0.05) is 18.7 Å². The summed E-state index contributed by atoms with van der Waals surface area (Å²) >= 11 is 0. The van der Waals surface area contributed by atoms with Crippen LogP contribution in [0.5, 0.6) is 5.75 Å². The predicted molar refractivity (Wildman–Crippen MR) is 93.4 cm³/mol. The molecule has 3 heterocycles. The fraction of sp³-hybridized carbons (Fsp3) is 0.278. The SMILES string of the molecule is COc1cccc(-c2c(C=O)nc3c(N4CCOCC4)ccnn23)c1. The van der Waals surface area contributed by atoms with E-state index in [-0.39, 0.29) is 0 Å². The minimum Gasteiger partial charge on any atom is -0.497 e. The van der Waals surface area contributed by atoms with Crippen molar-refractivity contribution >= 4 is 17.6 Å². The van der Waals surface area contributed by atoms with E-state index < -0.39 is 0 Å². The number of fused-ring (bicyclic) bond motifs is 1. The number of aldehydes is 1. The first kappa shape index (κ1) is 15.6. The van der Waals surface area contributed by atoms with Gasteiger partial charge in [-0.3, -0.25) is 4.79 Å². The molecular formula is C18H18N4O3. The van der Waals surface area contributed by atoms with Gasteiger partial charge in [-0.15, -0.1) is 0 Å². The van der Waals surface area contributed by atoms with E-state index >= 15 is 0 Å². The van der Waals surface area contributed by atoms with Gasteiger partial charge in [-0.25, -0.2) is 9.50 Å². The summed E-state index contributed by atoms with van der Waals surface area (Å²) < 4.78 is 12.4. The average Bonchev–Trinajstić information content (AvgIpc) is 3.07. The Morgan fingerprint density at radius 3 is 2.84 bits per heavy atom. The van der Waals surface area contributed by atoms with E-state index in [4.69, 9.17) is 9.47 Å². The van der Waals surface area contributed by atoms with Crippen molar-refractivity contribution in [3.8, 4) is 17.0 Å². The summed E-state index contributed by atoms with van der Waals surface area (Å²) in [6.45, 7) is 2.94. The maximum Gasteiger partial charge on any atom is 0.178 e. The zero-order chi connectivity index (χ0) is 17.2. The standard InChI is InChI=1S/C18H18N4O3/c1-24-14-4-2-3-13(11-14)17-15(12-23)20-18-16(5-6-19-22(17)18)21-7-9-25-10-8-21/h2-6,11-12H,7-10H2,1H3. The molecule has 1 aliphatic heterocycles. The van der Waals surface area contributed by atoms with Crippen molar-refractivity contribution in [2.75, 3.05) is 38.3 Å². The van der Waals surface area contributed by atoms with Gasteiger partial charge in [-0.05, 0) is 18.2 Å². The lowest BCUT2D eigenvalue weighted by molar-refractivity contribution is 0.112. The van der Waals surface area contributed by atoms with E-state index in [0.717, 1.165) is 30.6 Å². The first-order valence-corrected chi connectivity index (χ1v) is 8.12. The highest BCUT2D eigenvalue weighted by molar-refractivity contribution is 5.88. The number of imidazole rings is 1. The molecule has 0 unspecified atom stereocenters. The second-order valence-corrected chi connectivity index (χ2v) is 5.75. The summed E-state index contributed by atoms with van der Waals surface area (Å²) in [6, 6.07) is 9.47. The number of anilines is 1. The molecule has 3 aromatic rings. The summed E-state index contributed by atoms with van der Waals surface area (Å²) in [5.41, 5.74) is 3.49. The van der Waals surface area contributed by atoms with E-state index in [9.17, 15) is 4.79 Å². The lowest BCUT2D eigenvalue weighted by Gasteiger charge is -2.28. The van der Waals surface area contributed by atoms with Gasteiger partial charge in [0.05, 0.1) is 32.2 Å². The van der Waals surface area contributed by atoms with Crippen LogP contribution in [0.1, 0.15) is 10.5 Å². The molecule has 0 amide bonds. The molecule has 0 saturated carbocycles. The van der Waals surface area contributed by atoms with Crippen LogP contribution in [-0.4, -0.2) is 54.3 Å². The number of aromatic nitrogens is 3. The third-order valence-electron chi connectivity index (χ3n) is 4.33. The fourth-order valence-corrected chi connectivity index (χ4v) is 3.13. The predicted octanol–water partition coefficient (Wildman–Crippen LogP) is 2.05. The van der Waals surface area contributed by atoms with E-state index in [1.807, 2.05) is 30.3 Å². The highest BCUT2D eigenvalue weighted by Gasteiger charge is 2.21. The number of hydrogen-bond donors (Lipinski definition) is 0. The number of rotatable bonds is 4. The van der Waals surface area contributed by atoms with Crippen LogP contribution in [0.15, 0.2) is 36.5 Å². The topological polar surface area (TPSA) is 69.0 Å². The van der Waals surface area contributed by atoms with Crippen molar-refractivity contribution in [3.05, 3.63) is 42.2 Å². The van der Waals surface area contributed by atoms with Crippen LogP contribution in [-0.2, 0) is 4.74 Å². The summed E-state index contributed by atoms with van der Waals surface area (Å²) in [5, 5.41) is 4.43. The minimum atomic E-state index is 0.362. The van der Waals surface area contributed by atoms with Gasteiger partial charge in [-0.2, -0.15) is 5.10 Å². The minimum absolute atomic E-state index is 0.362. The molecule has 25 heavy (non-hydrogen) atoms. The monoisotopic (exact) mass is 338 g/mol. The molecule has 1 saturated heterocycles. The van der Waals surface area contributed by atoms with Gasteiger partial charge in [0.2, 0.25) is 0 Å². The maximum atomic E-state index is 11.6. The normalized spacial score (nSPS) is 14.7. The van der Waals surface area contributed by atoms with Crippen molar-refractivity contribution in [1.29, 1.82) is 0 Å². The molecule has 0 bridgehead atoms. The summed E-state index contributed by atoms with van der Waals surface area (Å²) in [6.07, 6.45) is 2.50. The van der Waals surface area contributed by atoms with Crippen molar-refractivity contribution < 1.29 is 14.3 Å². The molecule has 0 aliphatic carbocycles. The molecule has 7 heteroatoms. The molecule has 4 rings (SSSR count). The smallest absolute Gasteiger partial charge is 0.178 e. The third kappa shape index (κ3) is 2.72. The van der Waals surface area contributed by atoms with Crippen molar-refractivity contribution in [2.45, 2.75) is 0 Å². The Bertz CT molecular complexity index is 916.